The third kappa shape index (κ3) is 4.76. The first kappa shape index (κ1) is 30.3. The Morgan fingerprint density at radius 1 is 0.565 bits per heavy atom. The normalized spacial score (nSPS) is 11.8. The molecule has 9 rings (SSSR count). The Hall–Kier alpha value is -4.33. The fourth-order valence-electron chi connectivity index (χ4n) is 5.71. The second-order valence-electron chi connectivity index (χ2n) is 10.3. The number of fused-ring (bicyclic) bond motifs is 20. The van der Waals surface area contributed by atoms with E-state index in [-0.39, 0.29) is 57.2 Å². The van der Waals surface area contributed by atoms with E-state index < -0.39 is 10.1 Å². The number of hydrogen-bond acceptors (Lipinski definition) is 9. The minimum atomic E-state index is -4.73. The minimum Gasteiger partial charge on any atom is -0.744 e. The summed E-state index contributed by atoms with van der Waals surface area (Å²) in [7, 11) is -4.73. The van der Waals surface area contributed by atoms with Crippen LogP contribution in [0.1, 0.15) is 0 Å². The topological polar surface area (TPSA) is 164 Å². The Labute approximate surface area is 293 Å². The molecule has 3 aliphatic rings. The van der Waals surface area contributed by atoms with Crippen molar-refractivity contribution >= 4 is 32.2 Å². The van der Waals surface area contributed by atoms with Gasteiger partial charge in [0.25, 0.3) is 0 Å². The van der Waals surface area contributed by atoms with Crippen molar-refractivity contribution in [2.45, 2.75) is 4.90 Å². The molecule has 0 aliphatic carbocycles. The summed E-state index contributed by atoms with van der Waals surface area (Å²) in [4.78, 5) is 36.7. The van der Waals surface area contributed by atoms with E-state index in [9.17, 15) is 13.0 Å². The molecule has 0 amide bonds. The van der Waals surface area contributed by atoms with Crippen molar-refractivity contribution in [1.82, 2.24) is 39.9 Å². The van der Waals surface area contributed by atoms with Gasteiger partial charge in [0.05, 0.1) is 16.5 Å². The van der Waals surface area contributed by atoms with Crippen molar-refractivity contribution in [2.24, 2.45) is 0 Å². The molecular weight excluding hydrogens is 663 g/mol. The standard InChI is InChI=1S/C32H17N8O3S.Cu.Na/c41-44(42,43)16-13-14-23-24(15-16)32-39-30-22-12-6-5-11-21(22)28(37-30)35-26-18-8-2-1-7-17(18)25(33-26)34-27-19-9-3-4-10-20(19)29(36-27)38-31(23)40-32;;/h1-15H,(H2-,33,34,35,36,37,38,39,40,41,42,43);;/q-1;+2;+1/p-1. The van der Waals surface area contributed by atoms with Crippen LogP contribution in [0.15, 0.2) is 95.9 Å². The van der Waals surface area contributed by atoms with Gasteiger partial charge in [0.2, 0.25) is 0 Å². The van der Waals surface area contributed by atoms with E-state index in [1.54, 1.807) is 0 Å². The van der Waals surface area contributed by atoms with Gasteiger partial charge >= 0.3 is 46.6 Å². The van der Waals surface area contributed by atoms with Crippen LogP contribution in [0.2, 0.25) is 0 Å². The number of nitrogens with one attached hydrogen (secondary N) is 1. The molecule has 3 aliphatic heterocycles. The average Bonchev–Trinajstić information content (AvgIpc) is 3.76. The second-order valence-corrected chi connectivity index (χ2v) is 11.7. The van der Waals surface area contributed by atoms with E-state index >= 15 is 0 Å². The molecule has 5 heterocycles. The molecule has 14 heteroatoms. The van der Waals surface area contributed by atoms with E-state index in [1.165, 1.54) is 18.2 Å². The van der Waals surface area contributed by atoms with Gasteiger partial charge in [-0.15, -0.1) is 0 Å². The summed E-state index contributed by atoms with van der Waals surface area (Å²) in [5.41, 5.74) is 5.31. The molecule has 0 atom stereocenters. The summed E-state index contributed by atoms with van der Waals surface area (Å²) in [6.45, 7) is 0. The molecule has 1 N–H and O–H groups in total. The van der Waals surface area contributed by atoms with Gasteiger partial charge in [-0.1, -0.05) is 78.9 Å². The van der Waals surface area contributed by atoms with Crippen LogP contribution in [-0.4, -0.2) is 47.9 Å². The van der Waals surface area contributed by atoms with Gasteiger partial charge in [0, 0.05) is 44.7 Å². The van der Waals surface area contributed by atoms with Crippen molar-refractivity contribution in [2.75, 3.05) is 0 Å². The van der Waals surface area contributed by atoms with Crippen LogP contribution in [-0.2, 0) is 27.2 Å². The van der Waals surface area contributed by atoms with Crippen molar-refractivity contribution in [1.29, 1.82) is 0 Å². The first-order valence-electron chi connectivity index (χ1n) is 13.6. The van der Waals surface area contributed by atoms with E-state index in [0.717, 1.165) is 33.4 Å². The fourth-order valence-corrected chi connectivity index (χ4v) is 6.21. The number of nitrogens with zero attached hydrogens (tertiary/aromatic N) is 7. The Kier molecular flexibility index (Phi) is 7.37. The fraction of sp³-hybridized carbons (Fsp3) is 0. The molecule has 6 aromatic rings. The third-order valence-electron chi connectivity index (χ3n) is 7.75. The zero-order valence-electron chi connectivity index (χ0n) is 23.7. The van der Waals surface area contributed by atoms with Crippen LogP contribution in [0.5, 0.6) is 0 Å². The Balaban J connectivity index is 0.00000169. The summed E-state index contributed by atoms with van der Waals surface area (Å²) < 4.78 is 35.9. The predicted octanol–water partition coefficient (Wildman–Crippen LogP) is 2.31. The van der Waals surface area contributed by atoms with Gasteiger partial charge in [-0.05, 0) is 22.9 Å². The number of rotatable bonds is 1. The third-order valence-corrected chi connectivity index (χ3v) is 8.58. The van der Waals surface area contributed by atoms with Gasteiger partial charge in [0.15, 0.2) is 23.3 Å². The zero-order valence-corrected chi connectivity index (χ0v) is 27.5. The quantitative estimate of drug-likeness (QED) is 0.201. The Morgan fingerprint density at radius 3 is 1.50 bits per heavy atom. The maximum atomic E-state index is 12.0. The summed E-state index contributed by atoms with van der Waals surface area (Å²) in [5, 5.41) is 0.924. The first-order chi connectivity index (χ1) is 21.4. The van der Waals surface area contributed by atoms with E-state index in [0.29, 0.717) is 51.4 Å². The molecule has 11 nitrogen and oxygen atoms in total. The van der Waals surface area contributed by atoms with Gasteiger partial charge in [-0.2, -0.15) is 0 Å². The van der Waals surface area contributed by atoms with Crippen molar-refractivity contribution in [3.05, 3.63) is 91.0 Å². The van der Waals surface area contributed by atoms with Crippen LogP contribution in [0, 0.1) is 0 Å². The van der Waals surface area contributed by atoms with Crippen LogP contribution in [0.3, 0.4) is 0 Å². The molecule has 0 unspecified atom stereocenters. The molecule has 2 aromatic heterocycles. The number of hydrogen-bond donors (Lipinski definition) is 1. The zero-order chi connectivity index (χ0) is 29.6. The van der Waals surface area contributed by atoms with Crippen LogP contribution in [0.25, 0.3) is 90.4 Å². The monoisotopic (exact) mass is 678 g/mol. The predicted molar refractivity (Wildman–Crippen MR) is 161 cm³/mol. The smallest absolute Gasteiger partial charge is 0.744 e. The molecule has 0 saturated heterocycles. The van der Waals surface area contributed by atoms with Gasteiger partial charge in [-0.25, -0.2) is 33.3 Å². The summed E-state index contributed by atoms with van der Waals surface area (Å²) >= 11 is 0. The number of H-pyrrole nitrogens is 1. The van der Waals surface area contributed by atoms with E-state index in [4.69, 9.17) is 34.9 Å². The largest absolute Gasteiger partial charge is 2.00 e. The van der Waals surface area contributed by atoms with Crippen LogP contribution in [0.4, 0.5) is 0 Å². The Morgan fingerprint density at radius 2 is 1.00 bits per heavy atom. The first-order valence-corrected chi connectivity index (χ1v) is 15.0. The van der Waals surface area contributed by atoms with Crippen LogP contribution < -0.4 is 34.5 Å². The molecule has 4 aromatic carbocycles. The van der Waals surface area contributed by atoms with E-state index in [2.05, 4.69) is 4.98 Å². The average molecular weight is 679 g/mol. The molecular formula is C32H16CuN8NaO3S+. The summed E-state index contributed by atoms with van der Waals surface area (Å²) in [6.07, 6.45) is 0. The number of benzene rings is 4. The molecule has 46 heavy (non-hydrogen) atoms. The second kappa shape index (κ2) is 11.2. The van der Waals surface area contributed by atoms with Crippen molar-refractivity contribution in [3.8, 4) is 68.3 Å². The van der Waals surface area contributed by atoms with Gasteiger partial charge in [-0.3, -0.25) is 0 Å². The van der Waals surface area contributed by atoms with E-state index in [1.807, 2.05) is 72.8 Å². The summed E-state index contributed by atoms with van der Waals surface area (Å²) in [6, 6.07) is 27.0. The maximum Gasteiger partial charge on any atom is 2.00 e. The number of aromatic nitrogens is 8. The molecule has 8 bridgehead atoms. The van der Waals surface area contributed by atoms with Gasteiger partial charge in [0.1, 0.15) is 10.1 Å². The molecule has 0 spiro atoms. The van der Waals surface area contributed by atoms with Crippen molar-refractivity contribution < 1.29 is 59.6 Å². The van der Waals surface area contributed by atoms with Crippen molar-refractivity contribution in [3.63, 3.8) is 0 Å². The SMILES string of the molecule is O=S(=O)([O-])c1ccc2c3[n-]c(nc4nc(nc5nc(nc6nc([nH]3)-c3ccccc3-6)-c3ccccc3-5)-c3ccccc3-4)c2c1.[Cu+2].[Na+]. The molecule has 219 valence electrons. The summed E-state index contributed by atoms with van der Waals surface area (Å²) in [5.74, 6) is 2.65. The molecule has 1 radical (unpaired) electrons. The molecule has 0 fully saturated rings. The van der Waals surface area contributed by atoms with Gasteiger partial charge < -0.3 is 19.5 Å². The Bertz CT molecular complexity index is 2570. The molecule has 0 saturated carbocycles. The maximum absolute atomic E-state index is 12.0. The van der Waals surface area contributed by atoms with Crippen LogP contribution >= 0.6 is 0 Å². The number of aromatic amines is 1. The minimum absolute atomic E-state index is 0.